The zero-order valence-electron chi connectivity index (χ0n) is 14.4. The molecule has 0 aliphatic heterocycles. The van der Waals surface area contributed by atoms with Crippen LogP contribution in [0.25, 0.3) is 6.08 Å². The predicted octanol–water partition coefficient (Wildman–Crippen LogP) is 4.85. The number of nitrogens with one attached hydrogen (secondary N) is 1. The number of aryl methyl sites for hydroxylation is 2. The molecule has 1 N–H and O–H groups in total. The molecule has 1 amide bonds. The van der Waals surface area contributed by atoms with Crippen molar-refractivity contribution in [3.63, 3.8) is 0 Å². The summed E-state index contributed by atoms with van der Waals surface area (Å²) in [4.78, 5) is 12.4. The molecule has 0 unspecified atom stereocenters. The van der Waals surface area contributed by atoms with Gasteiger partial charge in [0.2, 0.25) is 0 Å². The number of amides is 1. The molecule has 25 heavy (non-hydrogen) atoms. The van der Waals surface area contributed by atoms with E-state index < -0.39 is 5.91 Å². The first kappa shape index (κ1) is 19.0. The summed E-state index contributed by atoms with van der Waals surface area (Å²) in [6.07, 6.45) is 1.58. The first-order valence-electron chi connectivity index (χ1n) is 7.86. The quantitative estimate of drug-likeness (QED) is 0.406. The molecule has 0 saturated heterocycles. The molecule has 0 bridgehead atoms. The summed E-state index contributed by atoms with van der Waals surface area (Å²) in [6.45, 7) is 6.44. The Balaban J connectivity index is 2.23. The summed E-state index contributed by atoms with van der Waals surface area (Å²) in [6, 6.07) is 13.3. The monoisotopic (exact) mass is 446 g/mol. The maximum atomic E-state index is 12.4. The van der Waals surface area contributed by atoms with Crippen molar-refractivity contribution in [3.8, 4) is 11.8 Å². The van der Waals surface area contributed by atoms with E-state index in [0.717, 1.165) is 26.0 Å². The van der Waals surface area contributed by atoms with E-state index in [2.05, 4.69) is 27.9 Å². The van der Waals surface area contributed by atoms with Crippen LogP contribution in [0.5, 0.6) is 5.75 Å². The van der Waals surface area contributed by atoms with E-state index in [1.165, 1.54) is 0 Å². The largest absolute Gasteiger partial charge is 0.493 e. The lowest BCUT2D eigenvalue weighted by Gasteiger charge is -2.08. The van der Waals surface area contributed by atoms with E-state index in [4.69, 9.17) is 4.74 Å². The first-order chi connectivity index (χ1) is 11.9. The minimum Gasteiger partial charge on any atom is -0.493 e. The third-order valence-corrected chi connectivity index (χ3v) is 4.25. The Morgan fingerprint density at radius 2 is 1.92 bits per heavy atom. The van der Waals surface area contributed by atoms with Crippen molar-refractivity contribution in [3.05, 3.63) is 62.2 Å². The molecule has 0 fully saturated rings. The molecular formula is C20H19IN2O2. The molecule has 4 nitrogen and oxygen atoms in total. The van der Waals surface area contributed by atoms with Gasteiger partial charge in [0.05, 0.1) is 10.2 Å². The second kappa shape index (κ2) is 8.67. The number of nitrogens with zero attached hydrogens (tertiary/aromatic N) is 1. The van der Waals surface area contributed by atoms with Crippen LogP contribution in [0.15, 0.2) is 42.0 Å². The van der Waals surface area contributed by atoms with Crippen LogP contribution in [0.4, 0.5) is 5.69 Å². The number of halogens is 1. The van der Waals surface area contributed by atoms with Crippen LogP contribution in [0.3, 0.4) is 0 Å². The molecule has 5 heteroatoms. The first-order valence-corrected chi connectivity index (χ1v) is 8.94. The van der Waals surface area contributed by atoms with Crippen molar-refractivity contribution in [2.24, 2.45) is 0 Å². The van der Waals surface area contributed by atoms with Crippen LogP contribution in [0.1, 0.15) is 23.6 Å². The summed E-state index contributed by atoms with van der Waals surface area (Å²) in [5.41, 5.74) is 3.63. The fraction of sp³-hybridized carbons (Fsp3) is 0.200. The standard InChI is InChI=1S/C20H19IN2O2/c1-4-25-19-6-5-15(11-18(19)21)10-16(12-22)20(24)23-17-8-13(2)7-14(3)9-17/h5-11H,4H2,1-3H3,(H,23,24). The number of nitriles is 1. The molecular weight excluding hydrogens is 427 g/mol. The van der Waals surface area contributed by atoms with E-state index >= 15 is 0 Å². The van der Waals surface area contributed by atoms with Crippen molar-refractivity contribution in [1.29, 1.82) is 5.26 Å². The lowest BCUT2D eigenvalue weighted by Crippen LogP contribution is -2.13. The Hall–Kier alpha value is -2.33. The van der Waals surface area contributed by atoms with Gasteiger partial charge in [0.1, 0.15) is 17.4 Å². The molecule has 2 rings (SSSR count). The van der Waals surface area contributed by atoms with Crippen LogP contribution in [-0.4, -0.2) is 12.5 Å². The van der Waals surface area contributed by atoms with Gasteiger partial charge in [-0.3, -0.25) is 4.79 Å². The highest BCUT2D eigenvalue weighted by Gasteiger charge is 2.11. The number of carbonyl (C=O) groups is 1. The summed E-state index contributed by atoms with van der Waals surface area (Å²) in [5.74, 6) is 0.370. The normalized spacial score (nSPS) is 10.9. The molecule has 0 aliphatic carbocycles. The molecule has 128 valence electrons. The van der Waals surface area contributed by atoms with Crippen LogP contribution < -0.4 is 10.1 Å². The summed E-state index contributed by atoms with van der Waals surface area (Å²) in [7, 11) is 0. The van der Waals surface area contributed by atoms with Gasteiger partial charge in [-0.05, 0) is 90.4 Å². The molecule has 0 spiro atoms. The number of hydrogen-bond acceptors (Lipinski definition) is 3. The van der Waals surface area contributed by atoms with Crippen LogP contribution in [0.2, 0.25) is 0 Å². The van der Waals surface area contributed by atoms with Crippen molar-refractivity contribution in [1.82, 2.24) is 0 Å². The highest BCUT2D eigenvalue weighted by atomic mass is 127. The van der Waals surface area contributed by atoms with E-state index in [1.54, 1.807) is 6.08 Å². The van der Waals surface area contributed by atoms with E-state index in [1.807, 2.05) is 63.2 Å². The Bertz CT molecular complexity index is 846. The van der Waals surface area contributed by atoms with E-state index in [9.17, 15) is 10.1 Å². The van der Waals surface area contributed by atoms with E-state index in [0.29, 0.717) is 12.3 Å². The average Bonchev–Trinajstić information content (AvgIpc) is 2.54. The molecule has 0 aromatic heterocycles. The number of ether oxygens (including phenoxy) is 1. The van der Waals surface area contributed by atoms with Crippen molar-refractivity contribution < 1.29 is 9.53 Å². The van der Waals surface area contributed by atoms with Gasteiger partial charge in [0.25, 0.3) is 5.91 Å². The fourth-order valence-electron chi connectivity index (χ4n) is 2.44. The Morgan fingerprint density at radius 3 is 2.48 bits per heavy atom. The van der Waals surface area contributed by atoms with Crippen molar-refractivity contribution >= 4 is 40.3 Å². The Kier molecular flexibility index (Phi) is 6.59. The number of benzene rings is 2. The van der Waals surface area contributed by atoms with Gasteiger partial charge in [-0.15, -0.1) is 0 Å². The van der Waals surface area contributed by atoms with Gasteiger partial charge in [-0.2, -0.15) is 5.26 Å². The summed E-state index contributed by atoms with van der Waals surface area (Å²) in [5, 5.41) is 12.1. The number of rotatable bonds is 5. The lowest BCUT2D eigenvalue weighted by atomic mass is 10.1. The zero-order chi connectivity index (χ0) is 18.4. The SMILES string of the molecule is CCOc1ccc(C=C(C#N)C(=O)Nc2cc(C)cc(C)c2)cc1I. The van der Waals surface area contributed by atoms with Crippen molar-refractivity contribution in [2.45, 2.75) is 20.8 Å². The maximum absolute atomic E-state index is 12.4. The Morgan fingerprint density at radius 1 is 1.24 bits per heavy atom. The van der Waals surface area contributed by atoms with Gasteiger partial charge in [0, 0.05) is 5.69 Å². The fourth-order valence-corrected chi connectivity index (χ4v) is 3.14. The van der Waals surface area contributed by atoms with Crippen LogP contribution >= 0.6 is 22.6 Å². The topological polar surface area (TPSA) is 62.1 Å². The molecule has 0 heterocycles. The van der Waals surface area contributed by atoms with Gasteiger partial charge in [-0.25, -0.2) is 0 Å². The highest BCUT2D eigenvalue weighted by molar-refractivity contribution is 14.1. The van der Waals surface area contributed by atoms with Crippen molar-refractivity contribution in [2.75, 3.05) is 11.9 Å². The predicted molar refractivity (Wildman–Crippen MR) is 108 cm³/mol. The van der Waals surface area contributed by atoms with Gasteiger partial charge >= 0.3 is 0 Å². The average molecular weight is 446 g/mol. The third-order valence-electron chi connectivity index (χ3n) is 3.41. The summed E-state index contributed by atoms with van der Waals surface area (Å²) < 4.78 is 6.43. The van der Waals surface area contributed by atoms with Gasteiger partial charge < -0.3 is 10.1 Å². The number of anilines is 1. The third kappa shape index (κ3) is 5.33. The number of hydrogen-bond donors (Lipinski definition) is 1. The summed E-state index contributed by atoms with van der Waals surface area (Å²) >= 11 is 2.17. The smallest absolute Gasteiger partial charge is 0.266 e. The second-order valence-corrected chi connectivity index (χ2v) is 6.79. The zero-order valence-corrected chi connectivity index (χ0v) is 16.5. The van der Waals surface area contributed by atoms with E-state index in [-0.39, 0.29) is 5.57 Å². The van der Waals surface area contributed by atoms with Gasteiger partial charge in [0.15, 0.2) is 0 Å². The minimum absolute atomic E-state index is 0.0547. The van der Waals surface area contributed by atoms with Crippen LogP contribution in [0, 0.1) is 28.7 Å². The molecule has 0 atom stereocenters. The maximum Gasteiger partial charge on any atom is 0.266 e. The van der Waals surface area contributed by atoms with Gasteiger partial charge in [-0.1, -0.05) is 12.1 Å². The number of carbonyl (C=O) groups excluding carboxylic acids is 1. The molecule has 0 radical (unpaired) electrons. The molecule has 0 saturated carbocycles. The molecule has 2 aromatic rings. The lowest BCUT2D eigenvalue weighted by molar-refractivity contribution is -0.112. The highest BCUT2D eigenvalue weighted by Crippen LogP contribution is 2.23. The molecule has 0 aliphatic rings. The Labute approximate surface area is 161 Å². The minimum atomic E-state index is -0.420. The van der Waals surface area contributed by atoms with Crippen LogP contribution in [-0.2, 0) is 4.79 Å². The molecule has 2 aromatic carbocycles. The second-order valence-electron chi connectivity index (χ2n) is 5.62.